The van der Waals surface area contributed by atoms with Gasteiger partial charge in [0.25, 0.3) is 0 Å². The van der Waals surface area contributed by atoms with E-state index in [4.69, 9.17) is 27.9 Å². The zero-order chi connectivity index (χ0) is 10.7. The van der Waals surface area contributed by atoms with E-state index in [0.717, 1.165) is 30.1 Å². The molecule has 1 fully saturated rings. The number of hydrogen-bond acceptors (Lipinski definition) is 4. The van der Waals surface area contributed by atoms with Crippen LogP contribution in [-0.4, -0.2) is 28.7 Å². The van der Waals surface area contributed by atoms with Crippen molar-refractivity contribution in [2.75, 3.05) is 12.4 Å². The van der Waals surface area contributed by atoms with Crippen molar-refractivity contribution in [2.45, 2.75) is 23.8 Å². The smallest absolute Gasteiger partial charge is 0.165 e. The molecular formula is C9H10Cl2N2OS. The van der Waals surface area contributed by atoms with Gasteiger partial charge in [0.05, 0.1) is 6.10 Å². The van der Waals surface area contributed by atoms with Crippen molar-refractivity contribution in [3.05, 3.63) is 16.4 Å². The van der Waals surface area contributed by atoms with E-state index in [1.165, 1.54) is 0 Å². The van der Waals surface area contributed by atoms with E-state index in [-0.39, 0.29) is 0 Å². The van der Waals surface area contributed by atoms with Crippen LogP contribution in [0.2, 0.25) is 10.3 Å². The molecule has 82 valence electrons. The Morgan fingerprint density at radius 3 is 3.07 bits per heavy atom. The summed E-state index contributed by atoms with van der Waals surface area (Å²) in [5.74, 6) is 0.891. The first-order chi connectivity index (χ1) is 7.25. The number of halogens is 2. The number of hydrogen-bond donors (Lipinski definition) is 0. The van der Waals surface area contributed by atoms with E-state index >= 15 is 0 Å². The highest BCUT2D eigenvalue weighted by molar-refractivity contribution is 7.99. The van der Waals surface area contributed by atoms with Crippen molar-refractivity contribution in [1.82, 2.24) is 10.2 Å². The lowest BCUT2D eigenvalue weighted by Crippen LogP contribution is -2.07. The molecule has 1 saturated heterocycles. The number of thioether (sulfide) groups is 1. The predicted molar refractivity (Wildman–Crippen MR) is 61.8 cm³/mol. The summed E-state index contributed by atoms with van der Waals surface area (Å²) in [7, 11) is 0. The fourth-order valence-electron chi connectivity index (χ4n) is 1.40. The Balaban J connectivity index is 1.94. The fraction of sp³-hybridized carbons (Fsp3) is 0.556. The van der Waals surface area contributed by atoms with Crippen LogP contribution in [-0.2, 0) is 4.74 Å². The van der Waals surface area contributed by atoms with Gasteiger partial charge in [-0.15, -0.1) is 22.0 Å². The van der Waals surface area contributed by atoms with Gasteiger partial charge in [0, 0.05) is 17.3 Å². The molecule has 1 aromatic heterocycles. The second-order valence-electron chi connectivity index (χ2n) is 3.27. The molecule has 1 unspecified atom stereocenters. The first-order valence-corrected chi connectivity index (χ1v) is 6.43. The van der Waals surface area contributed by atoms with Crippen molar-refractivity contribution in [3.63, 3.8) is 0 Å². The Morgan fingerprint density at radius 1 is 1.47 bits per heavy atom. The van der Waals surface area contributed by atoms with Crippen LogP contribution in [0.3, 0.4) is 0 Å². The number of ether oxygens (including phenoxy) is 1. The van der Waals surface area contributed by atoms with Crippen molar-refractivity contribution in [2.24, 2.45) is 0 Å². The lowest BCUT2D eigenvalue weighted by molar-refractivity contribution is 0.129. The van der Waals surface area contributed by atoms with Crippen molar-refractivity contribution >= 4 is 35.0 Å². The normalized spacial score (nSPS) is 20.8. The highest BCUT2D eigenvalue weighted by Gasteiger charge is 2.16. The molecule has 0 radical (unpaired) electrons. The third-order valence-electron chi connectivity index (χ3n) is 2.14. The van der Waals surface area contributed by atoms with Crippen LogP contribution in [0, 0.1) is 0 Å². The van der Waals surface area contributed by atoms with Gasteiger partial charge in [0.15, 0.2) is 10.3 Å². The Morgan fingerprint density at radius 2 is 2.33 bits per heavy atom. The van der Waals surface area contributed by atoms with Crippen LogP contribution in [0.15, 0.2) is 11.0 Å². The number of aromatic nitrogens is 2. The SMILES string of the molecule is Clc1cc(SCC2CCCO2)c(Cl)nn1. The van der Waals surface area contributed by atoms with Crippen LogP contribution >= 0.6 is 35.0 Å². The predicted octanol–water partition coefficient (Wildman–Crippen LogP) is 3.05. The third-order valence-corrected chi connectivity index (χ3v) is 3.87. The molecule has 0 bridgehead atoms. The summed E-state index contributed by atoms with van der Waals surface area (Å²) in [5, 5.41) is 8.18. The van der Waals surface area contributed by atoms with Gasteiger partial charge in [-0.2, -0.15) is 0 Å². The zero-order valence-electron chi connectivity index (χ0n) is 7.95. The summed E-state index contributed by atoms with van der Waals surface area (Å²) in [5.41, 5.74) is 0. The summed E-state index contributed by atoms with van der Waals surface area (Å²) >= 11 is 13.2. The molecule has 1 aliphatic rings. The average Bonchev–Trinajstić information content (AvgIpc) is 2.72. The minimum absolute atomic E-state index is 0.331. The highest BCUT2D eigenvalue weighted by atomic mass is 35.5. The number of rotatable bonds is 3. The molecule has 1 aliphatic heterocycles. The van der Waals surface area contributed by atoms with Crippen LogP contribution in [0.25, 0.3) is 0 Å². The second kappa shape index (κ2) is 5.34. The van der Waals surface area contributed by atoms with Gasteiger partial charge >= 0.3 is 0 Å². The molecule has 2 heterocycles. The van der Waals surface area contributed by atoms with Crippen LogP contribution in [0.4, 0.5) is 0 Å². The molecule has 1 atom stereocenters. The summed E-state index contributed by atoms with van der Waals surface area (Å²) in [6, 6.07) is 1.73. The molecule has 15 heavy (non-hydrogen) atoms. The monoisotopic (exact) mass is 264 g/mol. The maximum Gasteiger partial charge on any atom is 0.165 e. The molecule has 0 amide bonds. The summed E-state index contributed by atoms with van der Waals surface area (Å²) in [4.78, 5) is 0.868. The molecule has 1 aromatic rings. The molecule has 0 spiro atoms. The largest absolute Gasteiger partial charge is 0.377 e. The highest BCUT2D eigenvalue weighted by Crippen LogP contribution is 2.29. The Bertz CT molecular complexity index is 345. The van der Waals surface area contributed by atoms with Crippen molar-refractivity contribution in [3.8, 4) is 0 Å². The molecule has 3 nitrogen and oxygen atoms in total. The fourth-order valence-corrected chi connectivity index (χ4v) is 2.85. The molecule has 6 heteroatoms. The van der Waals surface area contributed by atoms with E-state index in [0.29, 0.717) is 16.4 Å². The van der Waals surface area contributed by atoms with Gasteiger partial charge in [-0.25, -0.2) is 0 Å². The van der Waals surface area contributed by atoms with E-state index in [1.54, 1.807) is 17.8 Å². The van der Waals surface area contributed by atoms with Gasteiger partial charge < -0.3 is 4.74 Å². The Kier molecular flexibility index (Phi) is 4.08. The first-order valence-electron chi connectivity index (χ1n) is 4.69. The first kappa shape index (κ1) is 11.5. The molecule has 2 rings (SSSR count). The zero-order valence-corrected chi connectivity index (χ0v) is 10.3. The van der Waals surface area contributed by atoms with Gasteiger partial charge in [-0.3, -0.25) is 0 Å². The van der Waals surface area contributed by atoms with Crippen molar-refractivity contribution < 1.29 is 4.74 Å². The van der Waals surface area contributed by atoms with Crippen molar-refractivity contribution in [1.29, 1.82) is 0 Å². The van der Waals surface area contributed by atoms with Gasteiger partial charge in [0.2, 0.25) is 0 Å². The minimum atomic E-state index is 0.331. The Hall–Kier alpha value is -0.0300. The van der Waals surface area contributed by atoms with E-state index < -0.39 is 0 Å². The standard InChI is InChI=1S/C9H10Cl2N2OS/c10-8-4-7(9(11)13-12-8)15-5-6-2-1-3-14-6/h4,6H,1-3,5H2. The van der Waals surface area contributed by atoms with Crippen LogP contribution in [0.5, 0.6) is 0 Å². The molecular weight excluding hydrogens is 255 g/mol. The Labute approximate surface area is 103 Å². The minimum Gasteiger partial charge on any atom is -0.377 e. The average molecular weight is 265 g/mol. The lowest BCUT2D eigenvalue weighted by Gasteiger charge is -2.08. The van der Waals surface area contributed by atoms with Crippen LogP contribution in [0.1, 0.15) is 12.8 Å². The van der Waals surface area contributed by atoms with E-state index in [1.807, 2.05) is 0 Å². The summed E-state index contributed by atoms with van der Waals surface area (Å²) in [6.07, 6.45) is 2.60. The van der Waals surface area contributed by atoms with E-state index in [2.05, 4.69) is 10.2 Å². The molecule has 0 saturated carbocycles. The molecule has 0 aliphatic carbocycles. The van der Waals surface area contributed by atoms with Gasteiger partial charge in [0.1, 0.15) is 0 Å². The maximum atomic E-state index is 5.89. The second-order valence-corrected chi connectivity index (χ2v) is 5.08. The lowest BCUT2D eigenvalue weighted by atomic mass is 10.3. The number of nitrogens with zero attached hydrogens (tertiary/aromatic N) is 2. The summed E-state index contributed by atoms with van der Waals surface area (Å²) < 4.78 is 5.51. The molecule has 0 N–H and O–H groups in total. The van der Waals surface area contributed by atoms with Gasteiger partial charge in [-0.05, 0) is 18.9 Å². The summed E-state index contributed by atoms with van der Waals surface area (Å²) in [6.45, 7) is 0.869. The maximum absolute atomic E-state index is 5.89. The van der Waals surface area contributed by atoms with Gasteiger partial charge in [-0.1, -0.05) is 23.2 Å². The van der Waals surface area contributed by atoms with Crippen LogP contribution < -0.4 is 0 Å². The molecule has 0 aromatic carbocycles. The topological polar surface area (TPSA) is 35.0 Å². The van der Waals surface area contributed by atoms with E-state index in [9.17, 15) is 0 Å². The quantitative estimate of drug-likeness (QED) is 0.787. The third kappa shape index (κ3) is 3.21.